The zero-order valence-electron chi connectivity index (χ0n) is 12.2. The summed E-state index contributed by atoms with van der Waals surface area (Å²) < 4.78 is 5.26. The molecule has 0 aromatic heterocycles. The number of nitrogens with zero attached hydrogens (tertiary/aromatic N) is 2. The molecule has 1 heterocycles. The summed E-state index contributed by atoms with van der Waals surface area (Å²) in [4.78, 5) is 27.4. The van der Waals surface area contributed by atoms with Gasteiger partial charge in [0.25, 0.3) is 5.91 Å². The first-order valence-electron chi connectivity index (χ1n) is 6.72. The van der Waals surface area contributed by atoms with Crippen LogP contribution in [0, 0.1) is 6.92 Å². The molecule has 0 spiro atoms. The van der Waals surface area contributed by atoms with Gasteiger partial charge in [0.15, 0.2) is 0 Å². The second kappa shape index (κ2) is 5.94. The van der Waals surface area contributed by atoms with Gasteiger partial charge in [-0.25, -0.2) is 0 Å². The van der Waals surface area contributed by atoms with Gasteiger partial charge in [0.05, 0.1) is 12.7 Å². The minimum atomic E-state index is -0.0336. The first-order valence-corrected chi connectivity index (χ1v) is 6.72. The number of piperazine rings is 1. The number of benzene rings is 1. The van der Waals surface area contributed by atoms with E-state index in [9.17, 15) is 9.59 Å². The average Bonchev–Trinajstić information content (AvgIpc) is 2.46. The van der Waals surface area contributed by atoms with Crippen molar-refractivity contribution in [2.45, 2.75) is 13.8 Å². The Balaban J connectivity index is 2.13. The Kier molecular flexibility index (Phi) is 4.27. The zero-order valence-corrected chi connectivity index (χ0v) is 12.2. The SMILES string of the molecule is COc1ccc(C)cc1C(=O)N1CCN(C(C)=O)CC1. The predicted octanol–water partition coefficient (Wildman–Crippen LogP) is 1.31. The average molecular weight is 276 g/mol. The number of carbonyl (C=O) groups excluding carboxylic acids is 2. The van der Waals surface area contributed by atoms with Gasteiger partial charge in [-0.3, -0.25) is 9.59 Å². The van der Waals surface area contributed by atoms with Crippen molar-refractivity contribution in [3.8, 4) is 5.75 Å². The molecule has 0 unspecified atom stereocenters. The van der Waals surface area contributed by atoms with Crippen LogP contribution in [0.4, 0.5) is 0 Å². The van der Waals surface area contributed by atoms with Crippen molar-refractivity contribution in [1.29, 1.82) is 0 Å². The maximum absolute atomic E-state index is 12.6. The van der Waals surface area contributed by atoms with E-state index in [1.807, 2.05) is 25.1 Å². The fourth-order valence-corrected chi connectivity index (χ4v) is 2.38. The van der Waals surface area contributed by atoms with Crippen molar-refractivity contribution in [1.82, 2.24) is 9.80 Å². The highest BCUT2D eigenvalue weighted by molar-refractivity contribution is 5.97. The number of methoxy groups -OCH3 is 1. The molecule has 1 aliphatic rings. The maximum Gasteiger partial charge on any atom is 0.257 e. The van der Waals surface area contributed by atoms with E-state index < -0.39 is 0 Å². The van der Waals surface area contributed by atoms with Gasteiger partial charge < -0.3 is 14.5 Å². The monoisotopic (exact) mass is 276 g/mol. The van der Waals surface area contributed by atoms with Gasteiger partial charge in [0.2, 0.25) is 5.91 Å². The standard InChI is InChI=1S/C15H20N2O3/c1-11-4-5-14(20-3)13(10-11)15(19)17-8-6-16(7-9-17)12(2)18/h4-5,10H,6-9H2,1-3H3. The van der Waals surface area contributed by atoms with Crippen molar-refractivity contribution >= 4 is 11.8 Å². The molecule has 1 aromatic carbocycles. The molecule has 0 atom stereocenters. The van der Waals surface area contributed by atoms with E-state index in [1.165, 1.54) is 0 Å². The smallest absolute Gasteiger partial charge is 0.257 e. The van der Waals surface area contributed by atoms with Crippen LogP contribution in [-0.2, 0) is 4.79 Å². The first-order chi connectivity index (χ1) is 9.52. The molecule has 1 saturated heterocycles. The molecule has 20 heavy (non-hydrogen) atoms. The number of hydrogen-bond donors (Lipinski definition) is 0. The Morgan fingerprint density at radius 3 is 2.25 bits per heavy atom. The zero-order chi connectivity index (χ0) is 14.7. The van der Waals surface area contributed by atoms with Crippen molar-refractivity contribution in [2.24, 2.45) is 0 Å². The number of hydrogen-bond acceptors (Lipinski definition) is 3. The summed E-state index contributed by atoms with van der Waals surface area (Å²) in [5.41, 5.74) is 1.61. The van der Waals surface area contributed by atoms with Crippen LogP contribution in [0.25, 0.3) is 0 Å². The lowest BCUT2D eigenvalue weighted by Gasteiger charge is -2.34. The highest BCUT2D eigenvalue weighted by Gasteiger charge is 2.25. The van der Waals surface area contributed by atoms with Crippen LogP contribution in [-0.4, -0.2) is 54.9 Å². The molecule has 1 fully saturated rings. The summed E-state index contributed by atoms with van der Waals surface area (Å²) in [7, 11) is 1.56. The Labute approximate surface area is 119 Å². The molecule has 0 bridgehead atoms. The summed E-state index contributed by atoms with van der Waals surface area (Å²) >= 11 is 0. The minimum absolute atomic E-state index is 0.0336. The molecule has 5 nitrogen and oxygen atoms in total. The van der Waals surface area contributed by atoms with Crippen LogP contribution in [0.15, 0.2) is 18.2 Å². The molecule has 0 N–H and O–H groups in total. The molecule has 0 radical (unpaired) electrons. The third kappa shape index (κ3) is 2.92. The molecule has 2 rings (SSSR count). The Bertz CT molecular complexity index is 520. The number of amides is 2. The van der Waals surface area contributed by atoms with Crippen LogP contribution in [0.1, 0.15) is 22.8 Å². The Hall–Kier alpha value is -2.04. The van der Waals surface area contributed by atoms with E-state index in [4.69, 9.17) is 4.74 Å². The largest absolute Gasteiger partial charge is 0.496 e. The van der Waals surface area contributed by atoms with Gasteiger partial charge in [-0.2, -0.15) is 0 Å². The van der Waals surface area contributed by atoms with Crippen molar-refractivity contribution < 1.29 is 14.3 Å². The van der Waals surface area contributed by atoms with Gasteiger partial charge in [-0.05, 0) is 19.1 Å². The van der Waals surface area contributed by atoms with Crippen LogP contribution < -0.4 is 4.74 Å². The van der Waals surface area contributed by atoms with Crippen molar-refractivity contribution in [3.63, 3.8) is 0 Å². The molecule has 2 amide bonds. The molecule has 0 aliphatic carbocycles. The van der Waals surface area contributed by atoms with E-state index in [0.717, 1.165) is 5.56 Å². The molecule has 108 valence electrons. The van der Waals surface area contributed by atoms with Gasteiger partial charge in [0.1, 0.15) is 5.75 Å². The van der Waals surface area contributed by atoms with E-state index in [1.54, 1.807) is 23.8 Å². The summed E-state index contributed by atoms with van der Waals surface area (Å²) in [6.45, 7) is 5.82. The summed E-state index contributed by atoms with van der Waals surface area (Å²) in [6, 6.07) is 5.58. The summed E-state index contributed by atoms with van der Waals surface area (Å²) in [5, 5.41) is 0. The van der Waals surface area contributed by atoms with E-state index in [0.29, 0.717) is 37.5 Å². The quantitative estimate of drug-likeness (QED) is 0.818. The fourth-order valence-electron chi connectivity index (χ4n) is 2.38. The van der Waals surface area contributed by atoms with E-state index >= 15 is 0 Å². The second-order valence-electron chi connectivity index (χ2n) is 5.00. The molecule has 5 heteroatoms. The normalized spacial score (nSPS) is 15.2. The first kappa shape index (κ1) is 14.4. The topological polar surface area (TPSA) is 49.9 Å². The van der Waals surface area contributed by atoms with E-state index in [-0.39, 0.29) is 11.8 Å². The lowest BCUT2D eigenvalue weighted by molar-refractivity contribution is -0.130. The Morgan fingerprint density at radius 2 is 1.70 bits per heavy atom. The lowest BCUT2D eigenvalue weighted by Crippen LogP contribution is -2.50. The number of ether oxygens (including phenoxy) is 1. The summed E-state index contributed by atoms with van der Waals surface area (Å²) in [5.74, 6) is 0.619. The van der Waals surface area contributed by atoms with E-state index in [2.05, 4.69) is 0 Å². The second-order valence-corrected chi connectivity index (χ2v) is 5.00. The molecular formula is C15H20N2O3. The number of carbonyl (C=O) groups is 2. The van der Waals surface area contributed by atoms with Crippen LogP contribution in [0.2, 0.25) is 0 Å². The van der Waals surface area contributed by atoms with Crippen LogP contribution in [0.5, 0.6) is 5.75 Å². The van der Waals surface area contributed by atoms with Crippen LogP contribution >= 0.6 is 0 Å². The lowest BCUT2D eigenvalue weighted by atomic mass is 10.1. The van der Waals surface area contributed by atoms with Crippen molar-refractivity contribution in [3.05, 3.63) is 29.3 Å². The molecule has 1 aromatic rings. The van der Waals surface area contributed by atoms with Crippen LogP contribution in [0.3, 0.4) is 0 Å². The molecular weight excluding hydrogens is 256 g/mol. The third-order valence-electron chi connectivity index (χ3n) is 3.60. The maximum atomic E-state index is 12.6. The van der Waals surface area contributed by atoms with Gasteiger partial charge in [-0.1, -0.05) is 11.6 Å². The minimum Gasteiger partial charge on any atom is -0.496 e. The number of rotatable bonds is 2. The molecule has 0 saturated carbocycles. The van der Waals surface area contributed by atoms with Crippen molar-refractivity contribution in [2.75, 3.05) is 33.3 Å². The summed E-state index contributed by atoms with van der Waals surface area (Å²) in [6.07, 6.45) is 0. The highest BCUT2D eigenvalue weighted by Crippen LogP contribution is 2.22. The van der Waals surface area contributed by atoms with Gasteiger partial charge in [0, 0.05) is 33.1 Å². The third-order valence-corrected chi connectivity index (χ3v) is 3.60. The highest BCUT2D eigenvalue weighted by atomic mass is 16.5. The van der Waals surface area contributed by atoms with Gasteiger partial charge >= 0.3 is 0 Å². The Morgan fingerprint density at radius 1 is 1.10 bits per heavy atom. The fraction of sp³-hybridized carbons (Fsp3) is 0.467. The number of aryl methyl sites for hydroxylation is 1. The van der Waals surface area contributed by atoms with Gasteiger partial charge in [-0.15, -0.1) is 0 Å². The molecule has 1 aliphatic heterocycles. The predicted molar refractivity (Wildman–Crippen MR) is 75.9 cm³/mol.